The zero-order chi connectivity index (χ0) is 17.8. The fourth-order valence-electron chi connectivity index (χ4n) is 2.66. The molecule has 8 nitrogen and oxygen atoms in total. The van der Waals surface area contributed by atoms with Gasteiger partial charge in [-0.2, -0.15) is 0 Å². The number of primary amides is 1. The van der Waals surface area contributed by atoms with Crippen LogP contribution in [-0.4, -0.2) is 22.6 Å². The zero-order valence-electron chi connectivity index (χ0n) is 14.1. The van der Waals surface area contributed by atoms with Crippen molar-refractivity contribution in [2.24, 2.45) is 5.73 Å². The normalized spacial score (nSPS) is 16.9. The van der Waals surface area contributed by atoms with Crippen LogP contribution >= 0.6 is 0 Å². The molecule has 1 aliphatic rings. The monoisotopic (exact) mass is 340 g/mol. The molecule has 2 heterocycles. The smallest absolute Gasteiger partial charge is 0.317 e. The third-order valence-electron chi connectivity index (χ3n) is 3.80. The second-order valence-electron chi connectivity index (χ2n) is 5.49. The Morgan fingerprint density at radius 2 is 2.00 bits per heavy atom. The van der Waals surface area contributed by atoms with Gasteiger partial charge >= 0.3 is 12.0 Å². The Morgan fingerprint density at radius 3 is 2.60 bits per heavy atom. The minimum Gasteiger partial charge on any atom is -0.464 e. The van der Waals surface area contributed by atoms with E-state index >= 15 is 0 Å². The molecule has 0 spiro atoms. The van der Waals surface area contributed by atoms with Gasteiger partial charge in [0.2, 0.25) is 0 Å². The summed E-state index contributed by atoms with van der Waals surface area (Å²) in [5.74, 6) is 0.595. The van der Waals surface area contributed by atoms with Gasteiger partial charge in [-0.15, -0.1) is 0 Å². The molecule has 0 saturated heterocycles. The molecule has 25 heavy (non-hydrogen) atoms. The molecule has 0 saturated carbocycles. The van der Waals surface area contributed by atoms with E-state index in [4.69, 9.17) is 10.5 Å². The van der Waals surface area contributed by atoms with E-state index in [1.54, 1.807) is 17.4 Å². The Bertz CT molecular complexity index is 775. The molecule has 0 bridgehead atoms. The Balaban J connectivity index is 1.93. The van der Waals surface area contributed by atoms with Crippen LogP contribution in [0.15, 0.2) is 54.1 Å². The fraction of sp³-hybridized carbons (Fsp3) is 0.235. The quantitative estimate of drug-likeness (QED) is 0.767. The van der Waals surface area contributed by atoms with Crippen molar-refractivity contribution in [1.29, 1.82) is 0 Å². The number of nitrogens with zero attached hydrogens (tertiary/aromatic N) is 3. The van der Waals surface area contributed by atoms with Crippen LogP contribution < -0.4 is 26.2 Å². The first-order valence-electron chi connectivity index (χ1n) is 7.93. The van der Waals surface area contributed by atoms with Crippen molar-refractivity contribution < 1.29 is 9.53 Å². The number of nitrogens with two attached hydrogens (primary N) is 1. The van der Waals surface area contributed by atoms with E-state index in [0.29, 0.717) is 18.4 Å². The highest BCUT2D eigenvalue weighted by Crippen LogP contribution is 2.33. The van der Waals surface area contributed by atoms with Crippen molar-refractivity contribution in [3.63, 3.8) is 0 Å². The molecular formula is C17H20N6O2. The van der Waals surface area contributed by atoms with Crippen molar-refractivity contribution >= 4 is 11.7 Å². The molecule has 0 radical (unpaired) electrons. The molecule has 0 fully saturated rings. The van der Waals surface area contributed by atoms with Crippen LogP contribution in [0.3, 0.4) is 0 Å². The van der Waals surface area contributed by atoms with Gasteiger partial charge in [0.05, 0.1) is 18.3 Å². The predicted octanol–water partition coefficient (Wildman–Crippen LogP) is 1.84. The summed E-state index contributed by atoms with van der Waals surface area (Å²) in [5.41, 5.74) is 11.3. The van der Waals surface area contributed by atoms with E-state index in [9.17, 15) is 4.79 Å². The molecule has 2 amide bonds. The number of aromatic nitrogens is 2. The fourth-order valence-corrected chi connectivity index (χ4v) is 2.66. The minimum absolute atomic E-state index is 0.197. The molecular weight excluding hydrogens is 320 g/mol. The maximum atomic E-state index is 11.4. The molecule has 4 N–H and O–H groups in total. The van der Waals surface area contributed by atoms with Gasteiger partial charge in [0.25, 0.3) is 0 Å². The van der Waals surface area contributed by atoms with Gasteiger partial charge in [-0.25, -0.2) is 20.2 Å². The summed E-state index contributed by atoms with van der Waals surface area (Å²) in [7, 11) is 0. The van der Waals surface area contributed by atoms with E-state index in [1.165, 1.54) is 0 Å². The van der Waals surface area contributed by atoms with Gasteiger partial charge in [-0.05, 0) is 31.6 Å². The third kappa shape index (κ3) is 3.53. The zero-order valence-corrected chi connectivity index (χ0v) is 14.1. The number of para-hydroxylation sites is 1. The minimum atomic E-state index is -0.624. The van der Waals surface area contributed by atoms with Gasteiger partial charge in [-0.1, -0.05) is 18.2 Å². The lowest BCUT2D eigenvalue weighted by molar-refractivity contribution is 0.251. The van der Waals surface area contributed by atoms with Crippen molar-refractivity contribution in [2.45, 2.75) is 19.9 Å². The van der Waals surface area contributed by atoms with Gasteiger partial charge < -0.3 is 10.5 Å². The highest BCUT2D eigenvalue weighted by atomic mass is 16.5. The lowest BCUT2D eigenvalue weighted by atomic mass is 10.1. The van der Waals surface area contributed by atoms with Crippen molar-refractivity contribution in [2.75, 3.05) is 11.6 Å². The second kappa shape index (κ2) is 7.18. The molecule has 0 aliphatic carbocycles. The summed E-state index contributed by atoms with van der Waals surface area (Å²) in [5, 5.41) is 4.48. The molecule has 1 unspecified atom stereocenters. The summed E-state index contributed by atoms with van der Waals surface area (Å²) in [6.07, 6.45) is 3.41. The Kier molecular flexibility index (Phi) is 4.80. The van der Waals surface area contributed by atoms with Gasteiger partial charge in [0, 0.05) is 18.0 Å². The number of benzene rings is 1. The average Bonchev–Trinajstić information content (AvgIpc) is 2.93. The molecule has 1 atom stereocenters. The number of hydrogen-bond donors (Lipinski definition) is 3. The average molecular weight is 340 g/mol. The number of nitrogens with one attached hydrogen (secondary N) is 2. The third-order valence-corrected chi connectivity index (χ3v) is 3.80. The van der Waals surface area contributed by atoms with Gasteiger partial charge in [0.1, 0.15) is 5.82 Å². The van der Waals surface area contributed by atoms with Crippen molar-refractivity contribution in [1.82, 2.24) is 20.7 Å². The summed E-state index contributed by atoms with van der Waals surface area (Å²) >= 11 is 0. The van der Waals surface area contributed by atoms with E-state index in [-0.39, 0.29) is 6.04 Å². The maximum absolute atomic E-state index is 11.4. The first-order valence-corrected chi connectivity index (χ1v) is 7.93. The Hall–Kier alpha value is -3.13. The number of carbonyl (C=O) groups excluding carboxylic acids is 1. The van der Waals surface area contributed by atoms with E-state index < -0.39 is 6.03 Å². The largest absolute Gasteiger partial charge is 0.464 e. The molecule has 1 aromatic carbocycles. The molecule has 3 rings (SSSR count). The number of rotatable bonds is 5. The van der Waals surface area contributed by atoms with Gasteiger partial charge in [-0.3, -0.25) is 10.3 Å². The molecule has 1 aromatic heterocycles. The molecule has 8 heteroatoms. The predicted molar refractivity (Wildman–Crippen MR) is 93.4 cm³/mol. The summed E-state index contributed by atoms with van der Waals surface area (Å²) in [6.45, 7) is 4.30. The lowest BCUT2D eigenvalue weighted by Gasteiger charge is -2.23. The number of hydrazine groups is 1. The van der Waals surface area contributed by atoms with Crippen LogP contribution in [0.4, 0.5) is 10.5 Å². The Morgan fingerprint density at radius 1 is 1.32 bits per heavy atom. The van der Waals surface area contributed by atoms with Crippen LogP contribution in [0.5, 0.6) is 6.01 Å². The van der Waals surface area contributed by atoms with Crippen LogP contribution in [0, 0.1) is 0 Å². The number of hydrogen-bond acceptors (Lipinski definition) is 6. The van der Waals surface area contributed by atoms with Crippen LogP contribution in [0.25, 0.3) is 0 Å². The number of amides is 2. The SMILES string of the molecule is CCOc1ncc(C2NN(c3ccccc3)C(NC(N)=O)=C2C)cn1. The second-order valence-corrected chi connectivity index (χ2v) is 5.49. The molecule has 2 aromatic rings. The highest BCUT2D eigenvalue weighted by molar-refractivity contribution is 5.75. The first-order chi connectivity index (χ1) is 12.1. The standard InChI is InChI=1S/C17H20N6O2/c1-3-25-17-19-9-12(10-20-17)14-11(2)15(21-16(18)24)23(22-14)13-7-5-4-6-8-13/h4-10,14,22H,3H2,1-2H3,(H3,18,21,24). The maximum Gasteiger partial charge on any atom is 0.317 e. The highest BCUT2D eigenvalue weighted by Gasteiger charge is 2.31. The van der Waals surface area contributed by atoms with Crippen molar-refractivity contribution in [3.8, 4) is 6.01 Å². The van der Waals surface area contributed by atoms with Gasteiger partial charge in [0.15, 0.2) is 0 Å². The summed E-state index contributed by atoms with van der Waals surface area (Å²) < 4.78 is 5.28. The van der Waals surface area contributed by atoms with Crippen LogP contribution in [-0.2, 0) is 0 Å². The topological polar surface area (TPSA) is 105 Å². The summed E-state index contributed by atoms with van der Waals surface area (Å²) in [4.78, 5) is 19.8. The molecule has 130 valence electrons. The summed E-state index contributed by atoms with van der Waals surface area (Å²) in [6, 6.07) is 9.14. The van der Waals surface area contributed by atoms with Crippen LogP contribution in [0.1, 0.15) is 25.5 Å². The number of carbonyl (C=O) groups is 1. The molecule has 1 aliphatic heterocycles. The first kappa shape index (κ1) is 16.7. The van der Waals surface area contributed by atoms with E-state index in [0.717, 1.165) is 16.8 Å². The van der Waals surface area contributed by atoms with E-state index in [2.05, 4.69) is 20.7 Å². The van der Waals surface area contributed by atoms with E-state index in [1.807, 2.05) is 44.2 Å². The number of anilines is 1. The number of urea groups is 1. The Labute approximate surface area is 145 Å². The number of ether oxygens (including phenoxy) is 1. The van der Waals surface area contributed by atoms with Crippen LogP contribution in [0.2, 0.25) is 0 Å². The van der Waals surface area contributed by atoms with Crippen molar-refractivity contribution in [3.05, 3.63) is 59.7 Å². The lowest BCUT2D eigenvalue weighted by Crippen LogP contribution is -2.41.